The van der Waals surface area contributed by atoms with Gasteiger partial charge in [0.1, 0.15) is 9.35 Å². The predicted octanol–water partition coefficient (Wildman–Crippen LogP) is 3.67. The number of carbonyl (C=O) groups is 2. The number of nitrogens with zero attached hydrogens (tertiary/aromatic N) is 2. The standard InChI is InChI=1S/C16H9F3IN3O2/c17-16(18,19)15(25)22-14-13(20)23-8-10(6-7-11(23)21-14)12(24)9-4-2-1-3-5-9/h1-8H,(H,22,25). The molecule has 1 aromatic carbocycles. The number of hydrogen-bond acceptors (Lipinski definition) is 3. The zero-order chi connectivity index (χ0) is 18.2. The number of halogens is 4. The van der Waals surface area contributed by atoms with Crippen LogP contribution in [0.2, 0.25) is 0 Å². The summed E-state index contributed by atoms with van der Waals surface area (Å²) in [6.07, 6.45) is -3.53. The molecule has 0 spiro atoms. The molecule has 0 aliphatic carbocycles. The second-order valence-corrected chi connectivity index (χ2v) is 6.07. The molecule has 128 valence electrons. The molecule has 5 nitrogen and oxygen atoms in total. The van der Waals surface area contributed by atoms with Crippen molar-refractivity contribution in [3.8, 4) is 0 Å². The molecule has 1 amide bonds. The molecule has 0 saturated carbocycles. The van der Waals surface area contributed by atoms with Crippen molar-refractivity contribution in [2.45, 2.75) is 6.18 Å². The van der Waals surface area contributed by atoms with Crippen LogP contribution in [0.1, 0.15) is 15.9 Å². The Morgan fingerprint density at radius 1 is 1.04 bits per heavy atom. The van der Waals surface area contributed by atoms with Crippen molar-refractivity contribution in [2.24, 2.45) is 0 Å². The van der Waals surface area contributed by atoms with Crippen molar-refractivity contribution in [1.82, 2.24) is 9.38 Å². The molecule has 0 aliphatic heterocycles. The predicted molar refractivity (Wildman–Crippen MR) is 92.5 cm³/mol. The third-order valence-electron chi connectivity index (χ3n) is 3.35. The van der Waals surface area contributed by atoms with E-state index in [1.165, 1.54) is 22.7 Å². The van der Waals surface area contributed by atoms with E-state index >= 15 is 0 Å². The van der Waals surface area contributed by atoms with Crippen molar-refractivity contribution < 1.29 is 22.8 Å². The fourth-order valence-corrected chi connectivity index (χ4v) is 2.81. The molecule has 2 aromatic heterocycles. The third-order valence-corrected chi connectivity index (χ3v) is 4.38. The van der Waals surface area contributed by atoms with Crippen molar-refractivity contribution in [3.05, 3.63) is 63.5 Å². The Kier molecular flexibility index (Phi) is 4.50. The molecule has 0 saturated heterocycles. The first-order chi connectivity index (χ1) is 11.8. The Morgan fingerprint density at radius 2 is 1.72 bits per heavy atom. The number of anilines is 1. The number of amides is 1. The van der Waals surface area contributed by atoms with Gasteiger partial charge in [0.2, 0.25) is 0 Å². The van der Waals surface area contributed by atoms with Crippen LogP contribution in [0, 0.1) is 3.70 Å². The second kappa shape index (κ2) is 6.47. The summed E-state index contributed by atoms with van der Waals surface area (Å²) in [5.74, 6) is -2.55. The summed E-state index contributed by atoms with van der Waals surface area (Å²) in [6.45, 7) is 0. The highest BCUT2D eigenvalue weighted by atomic mass is 127. The molecular formula is C16H9F3IN3O2. The van der Waals surface area contributed by atoms with Crippen molar-refractivity contribution >= 4 is 45.7 Å². The summed E-state index contributed by atoms with van der Waals surface area (Å²) in [6, 6.07) is 11.6. The van der Waals surface area contributed by atoms with Crippen LogP contribution >= 0.6 is 22.6 Å². The Bertz CT molecular complexity index is 968. The topological polar surface area (TPSA) is 63.5 Å². The smallest absolute Gasteiger partial charge is 0.301 e. The summed E-state index contributed by atoms with van der Waals surface area (Å²) in [7, 11) is 0. The van der Waals surface area contributed by atoms with Gasteiger partial charge in [0, 0.05) is 17.3 Å². The van der Waals surface area contributed by atoms with Gasteiger partial charge >= 0.3 is 12.1 Å². The van der Waals surface area contributed by atoms with Gasteiger partial charge in [0.25, 0.3) is 0 Å². The van der Waals surface area contributed by atoms with Gasteiger partial charge in [0.15, 0.2) is 11.6 Å². The first-order valence-electron chi connectivity index (χ1n) is 6.93. The number of benzene rings is 1. The fourth-order valence-electron chi connectivity index (χ4n) is 2.16. The number of alkyl halides is 3. The molecule has 0 unspecified atom stereocenters. The Labute approximate surface area is 153 Å². The lowest BCUT2D eigenvalue weighted by Crippen LogP contribution is -2.30. The molecule has 2 heterocycles. The summed E-state index contributed by atoms with van der Waals surface area (Å²) in [5.41, 5.74) is 1.15. The van der Waals surface area contributed by atoms with E-state index in [0.29, 0.717) is 16.8 Å². The van der Waals surface area contributed by atoms with E-state index in [4.69, 9.17) is 0 Å². The lowest BCUT2D eigenvalue weighted by molar-refractivity contribution is -0.167. The maximum atomic E-state index is 12.5. The number of ketones is 1. The van der Waals surface area contributed by atoms with Crippen LogP contribution < -0.4 is 5.32 Å². The summed E-state index contributed by atoms with van der Waals surface area (Å²) in [5, 5.41) is 1.73. The maximum Gasteiger partial charge on any atom is 0.471 e. The van der Waals surface area contributed by atoms with Gasteiger partial charge in [0.05, 0.1) is 0 Å². The largest absolute Gasteiger partial charge is 0.471 e. The highest BCUT2D eigenvalue weighted by Crippen LogP contribution is 2.24. The second-order valence-electron chi connectivity index (χ2n) is 5.04. The molecule has 0 fully saturated rings. The SMILES string of the molecule is O=C(c1ccccc1)c1ccc2nc(NC(=O)C(F)(F)F)c(I)n2c1. The van der Waals surface area contributed by atoms with Gasteiger partial charge in [-0.1, -0.05) is 30.3 Å². The van der Waals surface area contributed by atoms with Gasteiger partial charge in [-0.3, -0.25) is 14.0 Å². The zero-order valence-corrected chi connectivity index (χ0v) is 14.5. The van der Waals surface area contributed by atoms with Gasteiger partial charge in [-0.2, -0.15) is 13.2 Å². The molecule has 9 heteroatoms. The van der Waals surface area contributed by atoms with E-state index in [2.05, 4.69) is 4.98 Å². The van der Waals surface area contributed by atoms with Crippen molar-refractivity contribution in [2.75, 3.05) is 5.32 Å². The maximum absolute atomic E-state index is 12.5. The van der Waals surface area contributed by atoms with E-state index in [-0.39, 0.29) is 15.3 Å². The van der Waals surface area contributed by atoms with E-state index in [0.717, 1.165) is 0 Å². The average Bonchev–Trinajstić information content (AvgIpc) is 2.89. The number of hydrogen-bond donors (Lipinski definition) is 1. The van der Waals surface area contributed by atoms with Crippen LogP contribution in [0.25, 0.3) is 5.65 Å². The number of carbonyl (C=O) groups excluding carboxylic acids is 2. The normalized spacial score (nSPS) is 11.5. The van der Waals surface area contributed by atoms with Crippen molar-refractivity contribution in [3.63, 3.8) is 0 Å². The first kappa shape index (κ1) is 17.4. The number of fused-ring (bicyclic) bond motifs is 1. The van der Waals surface area contributed by atoms with Crippen LogP contribution in [0.3, 0.4) is 0 Å². The Hall–Kier alpha value is -2.43. The molecule has 0 radical (unpaired) electrons. The minimum Gasteiger partial charge on any atom is -0.301 e. The number of imidazole rings is 1. The number of nitrogens with one attached hydrogen (secondary N) is 1. The summed E-state index contributed by atoms with van der Waals surface area (Å²) in [4.78, 5) is 27.5. The zero-order valence-electron chi connectivity index (χ0n) is 12.3. The molecule has 1 N–H and O–H groups in total. The van der Waals surface area contributed by atoms with Crippen LogP contribution in [-0.2, 0) is 4.79 Å². The minimum absolute atomic E-state index is 0.216. The van der Waals surface area contributed by atoms with E-state index in [1.807, 2.05) is 0 Å². The molecular weight excluding hydrogens is 450 g/mol. The lowest BCUT2D eigenvalue weighted by Gasteiger charge is -2.05. The fraction of sp³-hybridized carbons (Fsp3) is 0.0625. The Balaban J connectivity index is 1.97. The number of aromatic nitrogens is 2. The Morgan fingerprint density at radius 3 is 2.36 bits per heavy atom. The van der Waals surface area contributed by atoms with Crippen molar-refractivity contribution in [1.29, 1.82) is 0 Å². The molecule has 0 bridgehead atoms. The quantitative estimate of drug-likeness (QED) is 0.481. The minimum atomic E-state index is -5.01. The lowest BCUT2D eigenvalue weighted by atomic mass is 10.1. The van der Waals surface area contributed by atoms with E-state index in [1.54, 1.807) is 58.2 Å². The van der Waals surface area contributed by atoms with Crippen LogP contribution in [0.5, 0.6) is 0 Å². The first-order valence-corrected chi connectivity index (χ1v) is 8.01. The van der Waals surface area contributed by atoms with Gasteiger partial charge in [-0.05, 0) is 34.7 Å². The van der Waals surface area contributed by atoms with Crippen LogP contribution in [0.15, 0.2) is 48.7 Å². The highest BCUT2D eigenvalue weighted by molar-refractivity contribution is 14.1. The van der Waals surface area contributed by atoms with Gasteiger partial charge < -0.3 is 5.32 Å². The average molecular weight is 459 g/mol. The summed E-state index contributed by atoms with van der Waals surface area (Å²) < 4.78 is 38.9. The van der Waals surface area contributed by atoms with Gasteiger partial charge in [-0.15, -0.1) is 0 Å². The number of pyridine rings is 1. The molecule has 3 aromatic rings. The van der Waals surface area contributed by atoms with E-state index in [9.17, 15) is 22.8 Å². The molecule has 0 atom stereocenters. The third kappa shape index (κ3) is 3.50. The molecule has 3 rings (SSSR count). The van der Waals surface area contributed by atoms with Gasteiger partial charge in [-0.25, -0.2) is 4.98 Å². The highest BCUT2D eigenvalue weighted by Gasteiger charge is 2.39. The molecule has 0 aliphatic rings. The molecule has 25 heavy (non-hydrogen) atoms. The monoisotopic (exact) mass is 459 g/mol. The summed E-state index contributed by atoms with van der Waals surface area (Å²) >= 11 is 1.76. The van der Waals surface area contributed by atoms with E-state index < -0.39 is 12.1 Å². The number of rotatable bonds is 3. The van der Waals surface area contributed by atoms with Crippen LogP contribution in [-0.4, -0.2) is 27.3 Å². The van der Waals surface area contributed by atoms with Crippen LogP contribution in [0.4, 0.5) is 19.0 Å².